The van der Waals surface area contributed by atoms with Crippen molar-refractivity contribution in [1.82, 2.24) is 0 Å². The molecule has 0 heterocycles. The third kappa shape index (κ3) is 5.97. The van der Waals surface area contributed by atoms with Crippen LogP contribution in [0, 0.1) is 23.2 Å². The average molecular weight is 541 g/mol. The van der Waals surface area contributed by atoms with Crippen LogP contribution >= 0.6 is 0 Å². The van der Waals surface area contributed by atoms with Crippen LogP contribution in [0.2, 0.25) is 0 Å². The molecule has 212 valence electrons. The smallest absolute Gasteiger partial charge is 0.393 e. The number of aliphatic hydroxyl groups is 4. The first-order chi connectivity index (χ1) is 16.9. The lowest BCUT2D eigenvalue weighted by molar-refractivity contribution is -0.374. The minimum atomic E-state index is -5.95. The lowest BCUT2D eigenvalue weighted by Gasteiger charge is -2.45. The predicted octanol–water partition coefficient (Wildman–Crippen LogP) is 5.76. The number of rotatable bonds is 6. The number of alkyl halides is 6. The highest BCUT2D eigenvalue weighted by Gasteiger charge is 2.70. The van der Waals surface area contributed by atoms with Gasteiger partial charge in [0.05, 0.1) is 18.3 Å². The summed E-state index contributed by atoms with van der Waals surface area (Å²) >= 11 is 0. The molecule has 0 amide bonds. The van der Waals surface area contributed by atoms with E-state index in [1.807, 2.05) is 12.2 Å². The summed E-state index contributed by atoms with van der Waals surface area (Å²) in [4.78, 5) is 0. The van der Waals surface area contributed by atoms with Crippen molar-refractivity contribution in [3.8, 4) is 0 Å². The zero-order valence-electron chi connectivity index (χ0n) is 21.2. The maximum atomic E-state index is 13.1. The second-order valence-electron chi connectivity index (χ2n) is 11.6. The van der Waals surface area contributed by atoms with E-state index in [1.165, 1.54) is 5.57 Å². The fraction of sp³-hybridized carbons (Fsp3) is 0.778. The van der Waals surface area contributed by atoms with Crippen molar-refractivity contribution in [2.45, 2.75) is 108 Å². The van der Waals surface area contributed by atoms with Gasteiger partial charge >= 0.3 is 12.4 Å². The SMILES string of the molecule is C=C1/C(=C\C=C2/CCC[C@@]3(C)C2CCC3[C@H](C)C[C@H](O)CC(O)(C(F)(F)F)C(F)(F)F)C[C@@H](O)C[C@@H]1O. The van der Waals surface area contributed by atoms with Crippen molar-refractivity contribution >= 4 is 0 Å². The molecule has 0 aromatic heterocycles. The van der Waals surface area contributed by atoms with Gasteiger partial charge in [-0.05, 0) is 79.3 Å². The van der Waals surface area contributed by atoms with Gasteiger partial charge in [-0.25, -0.2) is 0 Å². The van der Waals surface area contributed by atoms with E-state index < -0.39 is 42.7 Å². The number of hydrogen-bond acceptors (Lipinski definition) is 4. The summed E-state index contributed by atoms with van der Waals surface area (Å²) < 4.78 is 78.4. The van der Waals surface area contributed by atoms with Gasteiger partial charge in [0.2, 0.25) is 0 Å². The third-order valence-corrected chi connectivity index (χ3v) is 9.10. The van der Waals surface area contributed by atoms with Crippen LogP contribution < -0.4 is 0 Å². The van der Waals surface area contributed by atoms with Gasteiger partial charge in [0.15, 0.2) is 0 Å². The summed E-state index contributed by atoms with van der Waals surface area (Å²) in [6.45, 7) is 7.78. The minimum Gasteiger partial charge on any atom is -0.393 e. The molecule has 2 unspecified atom stereocenters. The number of allylic oxidation sites excluding steroid dienone is 3. The standard InChI is InChI=1S/C27H38F6O4/c1-15(11-20(35)14-25(37,26(28,29)30)27(31,32)33)21-8-9-22-17(5-4-10-24(21,22)3)6-7-18-12-19(34)13-23(36)16(18)2/h6-7,15,19-23,34-37H,2,4-5,8-14H2,1,3H3/b17-6+,18-7-/t15-,19-,20+,21?,22?,23+,24-/m1/s1. The first-order valence-corrected chi connectivity index (χ1v) is 12.9. The molecule has 7 atom stereocenters. The molecule has 0 aromatic carbocycles. The molecule has 4 N–H and O–H groups in total. The van der Waals surface area contributed by atoms with E-state index in [0.717, 1.165) is 37.7 Å². The first-order valence-electron chi connectivity index (χ1n) is 12.9. The Bertz CT molecular complexity index is 894. The Morgan fingerprint density at radius 1 is 1.08 bits per heavy atom. The van der Waals surface area contributed by atoms with Crippen LogP contribution in [-0.2, 0) is 0 Å². The van der Waals surface area contributed by atoms with Gasteiger partial charge in [0, 0.05) is 12.8 Å². The van der Waals surface area contributed by atoms with E-state index in [2.05, 4.69) is 13.5 Å². The first kappa shape index (κ1) is 30.2. The number of halogens is 6. The second kappa shape index (κ2) is 10.7. The third-order valence-electron chi connectivity index (χ3n) is 9.10. The Morgan fingerprint density at radius 3 is 2.30 bits per heavy atom. The minimum absolute atomic E-state index is 0.0124. The molecule has 3 rings (SSSR count). The molecule has 0 saturated heterocycles. The number of hydrogen-bond donors (Lipinski definition) is 4. The highest BCUT2D eigenvalue weighted by molar-refractivity contribution is 5.38. The van der Waals surface area contributed by atoms with E-state index in [0.29, 0.717) is 12.0 Å². The van der Waals surface area contributed by atoms with Crippen LogP contribution in [0.25, 0.3) is 0 Å². The van der Waals surface area contributed by atoms with Crippen molar-refractivity contribution in [1.29, 1.82) is 0 Å². The van der Waals surface area contributed by atoms with Crippen molar-refractivity contribution in [3.63, 3.8) is 0 Å². The molecular weight excluding hydrogens is 502 g/mol. The Hall–Kier alpha value is -1.36. The van der Waals surface area contributed by atoms with E-state index in [-0.39, 0.29) is 36.0 Å². The normalized spacial score (nSPS) is 35.6. The quantitative estimate of drug-likeness (QED) is 0.323. The topological polar surface area (TPSA) is 80.9 Å². The van der Waals surface area contributed by atoms with Crippen LogP contribution in [-0.4, -0.2) is 56.7 Å². The summed E-state index contributed by atoms with van der Waals surface area (Å²) in [6.07, 6.45) is -8.72. The highest BCUT2D eigenvalue weighted by atomic mass is 19.4. The molecule has 3 saturated carbocycles. The number of fused-ring (bicyclic) bond motifs is 1. The van der Waals surface area contributed by atoms with E-state index in [4.69, 9.17) is 0 Å². The van der Waals surface area contributed by atoms with Crippen molar-refractivity contribution in [2.24, 2.45) is 23.2 Å². The summed E-state index contributed by atoms with van der Waals surface area (Å²) in [5.41, 5.74) is -2.61. The molecule has 0 aromatic rings. The molecule has 37 heavy (non-hydrogen) atoms. The monoisotopic (exact) mass is 540 g/mol. The zero-order chi connectivity index (χ0) is 28.0. The molecule has 3 fully saturated rings. The van der Waals surface area contributed by atoms with Gasteiger partial charge < -0.3 is 20.4 Å². The molecule has 0 radical (unpaired) electrons. The largest absolute Gasteiger partial charge is 0.426 e. The van der Waals surface area contributed by atoms with Crippen LogP contribution in [0.1, 0.15) is 71.6 Å². The van der Waals surface area contributed by atoms with Crippen molar-refractivity contribution in [2.75, 3.05) is 0 Å². The van der Waals surface area contributed by atoms with Gasteiger partial charge in [0.25, 0.3) is 5.60 Å². The highest BCUT2D eigenvalue weighted by Crippen LogP contribution is 2.60. The Morgan fingerprint density at radius 2 is 1.70 bits per heavy atom. The average Bonchev–Trinajstić information content (AvgIpc) is 3.11. The molecule has 0 aliphatic heterocycles. The van der Waals surface area contributed by atoms with Gasteiger partial charge in [-0.2, -0.15) is 26.3 Å². The lowest BCUT2D eigenvalue weighted by atomic mass is 9.60. The Labute approximate surface area is 213 Å². The van der Waals surface area contributed by atoms with E-state index in [9.17, 15) is 46.8 Å². The van der Waals surface area contributed by atoms with Crippen molar-refractivity contribution in [3.05, 3.63) is 35.5 Å². The molecule has 0 spiro atoms. The fourth-order valence-electron chi connectivity index (χ4n) is 7.09. The molecule has 3 aliphatic rings. The van der Waals surface area contributed by atoms with Gasteiger partial charge in [-0.1, -0.05) is 38.2 Å². The van der Waals surface area contributed by atoms with Gasteiger partial charge in [0.1, 0.15) is 0 Å². The molecule has 10 heteroatoms. The van der Waals surface area contributed by atoms with Crippen molar-refractivity contribution < 1.29 is 46.8 Å². The molecule has 0 bridgehead atoms. The lowest BCUT2D eigenvalue weighted by Crippen LogP contribution is -2.58. The van der Waals surface area contributed by atoms with Crippen LogP contribution in [0.15, 0.2) is 35.5 Å². The van der Waals surface area contributed by atoms with E-state index in [1.54, 1.807) is 6.92 Å². The second-order valence-corrected chi connectivity index (χ2v) is 11.6. The van der Waals surface area contributed by atoms with Gasteiger partial charge in [-0.15, -0.1) is 0 Å². The Kier molecular flexibility index (Phi) is 8.70. The molecule has 4 nitrogen and oxygen atoms in total. The molecule has 3 aliphatic carbocycles. The van der Waals surface area contributed by atoms with Crippen LogP contribution in [0.3, 0.4) is 0 Å². The zero-order valence-corrected chi connectivity index (χ0v) is 21.2. The van der Waals surface area contributed by atoms with E-state index >= 15 is 0 Å². The summed E-state index contributed by atoms with van der Waals surface area (Å²) in [5, 5.41) is 39.8. The summed E-state index contributed by atoms with van der Waals surface area (Å²) in [5.74, 6) is -0.185. The fourth-order valence-corrected chi connectivity index (χ4v) is 7.09. The van der Waals surface area contributed by atoms with Crippen LogP contribution in [0.4, 0.5) is 26.3 Å². The summed E-state index contributed by atoms with van der Waals surface area (Å²) in [7, 11) is 0. The maximum Gasteiger partial charge on any atom is 0.426 e. The summed E-state index contributed by atoms with van der Waals surface area (Å²) in [6, 6.07) is 0. The maximum absolute atomic E-state index is 13.1. The number of aliphatic hydroxyl groups excluding tert-OH is 3. The van der Waals surface area contributed by atoms with Gasteiger partial charge in [-0.3, -0.25) is 0 Å². The van der Waals surface area contributed by atoms with Crippen LogP contribution in [0.5, 0.6) is 0 Å². The Balaban J connectivity index is 1.73. The molecular formula is C27H38F6O4. The predicted molar refractivity (Wildman–Crippen MR) is 126 cm³/mol.